The third kappa shape index (κ3) is 4.63. The summed E-state index contributed by atoms with van der Waals surface area (Å²) in [5.41, 5.74) is 0.712. The SMILES string of the molecule is COc1cc(CC(=O)NCc2ccc(C(=O)O)s2)cc(OC)c1OC. The van der Waals surface area contributed by atoms with E-state index in [1.807, 2.05) is 0 Å². The van der Waals surface area contributed by atoms with Crippen molar-refractivity contribution in [1.82, 2.24) is 5.32 Å². The lowest BCUT2D eigenvalue weighted by Gasteiger charge is -2.14. The highest BCUT2D eigenvalue weighted by Gasteiger charge is 2.15. The lowest BCUT2D eigenvalue weighted by Crippen LogP contribution is -2.24. The number of carbonyl (C=O) groups excluding carboxylic acids is 1. The quantitative estimate of drug-likeness (QED) is 0.746. The van der Waals surface area contributed by atoms with Crippen molar-refractivity contribution in [2.24, 2.45) is 0 Å². The van der Waals surface area contributed by atoms with E-state index in [-0.39, 0.29) is 23.7 Å². The number of rotatable bonds is 8. The van der Waals surface area contributed by atoms with Crippen molar-refractivity contribution in [3.8, 4) is 17.2 Å². The maximum atomic E-state index is 12.1. The first-order valence-electron chi connectivity index (χ1n) is 7.36. The number of nitrogens with one attached hydrogen (secondary N) is 1. The van der Waals surface area contributed by atoms with E-state index in [4.69, 9.17) is 19.3 Å². The van der Waals surface area contributed by atoms with Crippen LogP contribution >= 0.6 is 11.3 Å². The van der Waals surface area contributed by atoms with Gasteiger partial charge < -0.3 is 24.6 Å². The van der Waals surface area contributed by atoms with Crippen LogP contribution in [-0.2, 0) is 17.8 Å². The predicted octanol–water partition coefficient (Wildman–Crippen LogP) is 2.33. The zero-order valence-corrected chi connectivity index (χ0v) is 14.9. The number of carboxylic acid groups (broad SMARTS) is 1. The molecular formula is C17H19NO6S. The van der Waals surface area contributed by atoms with Crippen molar-refractivity contribution in [3.63, 3.8) is 0 Å². The number of carboxylic acids is 1. The van der Waals surface area contributed by atoms with Gasteiger partial charge in [-0.05, 0) is 29.8 Å². The average molecular weight is 365 g/mol. The van der Waals surface area contributed by atoms with Gasteiger partial charge in [-0.1, -0.05) is 0 Å². The van der Waals surface area contributed by atoms with Crippen LogP contribution in [0.15, 0.2) is 24.3 Å². The Morgan fingerprint density at radius 1 is 1.08 bits per heavy atom. The fraction of sp³-hybridized carbons (Fsp3) is 0.294. The molecule has 0 saturated heterocycles. The molecule has 0 spiro atoms. The van der Waals surface area contributed by atoms with Crippen molar-refractivity contribution in [2.75, 3.05) is 21.3 Å². The molecule has 7 nitrogen and oxygen atoms in total. The summed E-state index contributed by atoms with van der Waals surface area (Å²) in [5.74, 6) is 0.261. The lowest BCUT2D eigenvalue weighted by atomic mass is 10.1. The molecule has 134 valence electrons. The second kappa shape index (κ2) is 8.39. The molecule has 8 heteroatoms. The monoisotopic (exact) mass is 365 g/mol. The van der Waals surface area contributed by atoms with Crippen molar-refractivity contribution in [1.29, 1.82) is 0 Å². The summed E-state index contributed by atoms with van der Waals surface area (Å²) in [6, 6.07) is 6.64. The molecule has 0 saturated carbocycles. The summed E-state index contributed by atoms with van der Waals surface area (Å²) >= 11 is 1.14. The highest BCUT2D eigenvalue weighted by molar-refractivity contribution is 7.13. The van der Waals surface area contributed by atoms with Gasteiger partial charge in [-0.2, -0.15) is 0 Å². The van der Waals surface area contributed by atoms with Gasteiger partial charge in [-0.25, -0.2) is 4.79 Å². The van der Waals surface area contributed by atoms with E-state index in [2.05, 4.69) is 5.32 Å². The minimum absolute atomic E-state index is 0.133. The van der Waals surface area contributed by atoms with Crippen LogP contribution in [0.3, 0.4) is 0 Å². The number of methoxy groups -OCH3 is 3. The molecule has 0 atom stereocenters. The summed E-state index contributed by atoms with van der Waals surface area (Å²) in [6.07, 6.45) is 0.133. The van der Waals surface area contributed by atoms with Crippen LogP contribution in [0.2, 0.25) is 0 Å². The number of carbonyl (C=O) groups is 2. The van der Waals surface area contributed by atoms with E-state index < -0.39 is 5.97 Å². The van der Waals surface area contributed by atoms with E-state index in [9.17, 15) is 9.59 Å². The van der Waals surface area contributed by atoms with Crippen LogP contribution in [0, 0.1) is 0 Å². The van der Waals surface area contributed by atoms with E-state index in [0.29, 0.717) is 22.8 Å². The van der Waals surface area contributed by atoms with Crippen LogP contribution in [-0.4, -0.2) is 38.3 Å². The largest absolute Gasteiger partial charge is 0.493 e. The van der Waals surface area contributed by atoms with Crippen LogP contribution in [0.25, 0.3) is 0 Å². The minimum atomic E-state index is -0.972. The molecule has 1 aromatic carbocycles. The second-order valence-corrected chi connectivity index (χ2v) is 6.23. The van der Waals surface area contributed by atoms with Gasteiger partial charge in [0.2, 0.25) is 11.7 Å². The molecule has 0 aliphatic carbocycles. The number of hydrogen-bond acceptors (Lipinski definition) is 6. The Kier molecular flexibility index (Phi) is 6.24. The highest BCUT2D eigenvalue weighted by atomic mass is 32.1. The zero-order chi connectivity index (χ0) is 18.4. The van der Waals surface area contributed by atoms with Gasteiger partial charge in [0.05, 0.1) is 34.3 Å². The Labute approximate surface area is 149 Å². The smallest absolute Gasteiger partial charge is 0.345 e. The molecule has 25 heavy (non-hydrogen) atoms. The van der Waals surface area contributed by atoms with Gasteiger partial charge in [0.25, 0.3) is 0 Å². The summed E-state index contributed by atoms with van der Waals surface area (Å²) < 4.78 is 15.8. The number of hydrogen-bond donors (Lipinski definition) is 2. The van der Waals surface area contributed by atoms with Crippen molar-refractivity contribution >= 4 is 23.2 Å². The minimum Gasteiger partial charge on any atom is -0.493 e. The van der Waals surface area contributed by atoms with Crippen molar-refractivity contribution < 1.29 is 28.9 Å². The van der Waals surface area contributed by atoms with Crippen LogP contribution in [0.1, 0.15) is 20.1 Å². The van der Waals surface area contributed by atoms with Gasteiger partial charge >= 0.3 is 5.97 Å². The van der Waals surface area contributed by atoms with E-state index in [0.717, 1.165) is 16.2 Å². The Bertz CT molecular complexity index is 745. The Balaban J connectivity index is 2.03. The number of ether oxygens (including phenoxy) is 3. The van der Waals surface area contributed by atoms with Gasteiger partial charge in [0, 0.05) is 4.88 Å². The Morgan fingerprint density at radius 2 is 1.72 bits per heavy atom. The second-order valence-electron chi connectivity index (χ2n) is 5.06. The van der Waals surface area contributed by atoms with Gasteiger partial charge in [0.15, 0.2) is 11.5 Å². The first-order valence-corrected chi connectivity index (χ1v) is 8.17. The van der Waals surface area contributed by atoms with Crippen LogP contribution in [0.4, 0.5) is 0 Å². The number of amides is 1. The topological polar surface area (TPSA) is 94.1 Å². The molecule has 2 N–H and O–H groups in total. The first-order chi connectivity index (χ1) is 12.0. The average Bonchev–Trinajstić information content (AvgIpc) is 3.08. The van der Waals surface area contributed by atoms with E-state index in [1.54, 1.807) is 18.2 Å². The molecule has 1 heterocycles. The summed E-state index contributed by atoms with van der Waals surface area (Å²) in [7, 11) is 4.54. The zero-order valence-electron chi connectivity index (χ0n) is 14.1. The molecule has 0 aliphatic heterocycles. The summed E-state index contributed by atoms with van der Waals surface area (Å²) in [4.78, 5) is 24.0. The van der Waals surface area contributed by atoms with Crippen molar-refractivity contribution in [2.45, 2.75) is 13.0 Å². The van der Waals surface area contributed by atoms with E-state index in [1.165, 1.54) is 27.4 Å². The maximum Gasteiger partial charge on any atom is 0.345 e. The molecule has 2 rings (SSSR count). The Hall–Kier alpha value is -2.74. The third-order valence-electron chi connectivity index (χ3n) is 3.42. The fourth-order valence-electron chi connectivity index (χ4n) is 2.26. The van der Waals surface area contributed by atoms with Gasteiger partial charge in [0.1, 0.15) is 4.88 Å². The normalized spacial score (nSPS) is 10.2. The third-order valence-corrected chi connectivity index (χ3v) is 4.49. The number of benzene rings is 1. The standard InChI is InChI=1S/C17H19NO6S/c1-22-12-6-10(7-13(23-2)16(12)24-3)8-15(19)18-9-11-4-5-14(25-11)17(20)21/h4-7H,8-9H2,1-3H3,(H,18,19)(H,20,21). The molecule has 0 fully saturated rings. The maximum absolute atomic E-state index is 12.1. The summed E-state index contributed by atoms with van der Waals surface area (Å²) in [5, 5.41) is 11.7. The number of aromatic carboxylic acids is 1. The molecule has 1 amide bonds. The molecule has 0 aliphatic rings. The molecule has 0 unspecified atom stereocenters. The van der Waals surface area contributed by atoms with Crippen LogP contribution < -0.4 is 19.5 Å². The number of thiophene rings is 1. The molecular weight excluding hydrogens is 346 g/mol. The predicted molar refractivity (Wildman–Crippen MR) is 92.9 cm³/mol. The molecule has 0 bridgehead atoms. The highest BCUT2D eigenvalue weighted by Crippen LogP contribution is 2.38. The fourth-order valence-corrected chi connectivity index (χ4v) is 3.05. The van der Waals surface area contributed by atoms with Crippen molar-refractivity contribution in [3.05, 3.63) is 39.6 Å². The lowest BCUT2D eigenvalue weighted by molar-refractivity contribution is -0.120. The van der Waals surface area contributed by atoms with Gasteiger partial charge in [-0.15, -0.1) is 11.3 Å². The van der Waals surface area contributed by atoms with Crippen LogP contribution in [0.5, 0.6) is 17.2 Å². The van der Waals surface area contributed by atoms with Gasteiger partial charge in [-0.3, -0.25) is 4.79 Å². The molecule has 0 radical (unpaired) electrons. The first kappa shape index (κ1) is 18.6. The summed E-state index contributed by atoms with van der Waals surface area (Å²) in [6.45, 7) is 0.279. The molecule has 2 aromatic rings. The van der Waals surface area contributed by atoms with E-state index >= 15 is 0 Å². The Morgan fingerprint density at radius 3 is 2.20 bits per heavy atom. The molecule has 1 aromatic heterocycles.